The summed E-state index contributed by atoms with van der Waals surface area (Å²) in [6.45, 7) is 0. The van der Waals surface area contributed by atoms with Gasteiger partial charge in [-0.2, -0.15) is 0 Å². The van der Waals surface area contributed by atoms with Gasteiger partial charge in [0.25, 0.3) is 0 Å². The number of nitrogens with zero attached hydrogens (tertiary/aromatic N) is 4. The molecule has 2 aliphatic rings. The van der Waals surface area contributed by atoms with Gasteiger partial charge in [-0.15, -0.1) is 0 Å². The van der Waals surface area contributed by atoms with Crippen LogP contribution in [0.5, 0.6) is 0 Å². The lowest BCUT2D eigenvalue weighted by Crippen LogP contribution is -2.35. The van der Waals surface area contributed by atoms with Crippen LogP contribution in [0.2, 0.25) is 0 Å². The van der Waals surface area contributed by atoms with Crippen LogP contribution in [-0.2, 0) is 5.41 Å². The van der Waals surface area contributed by atoms with Crippen molar-refractivity contribution < 1.29 is 0 Å². The van der Waals surface area contributed by atoms with Crippen LogP contribution in [0.3, 0.4) is 0 Å². The molecule has 0 radical (unpaired) electrons. The molecule has 6 aromatic carbocycles. The van der Waals surface area contributed by atoms with Crippen LogP contribution in [0, 0.1) is 5.92 Å². The lowest BCUT2D eigenvalue weighted by Gasteiger charge is -2.39. The van der Waals surface area contributed by atoms with Crippen LogP contribution < -0.4 is 0 Å². The summed E-state index contributed by atoms with van der Waals surface area (Å²) in [4.78, 5) is 9.07. The second-order valence-corrected chi connectivity index (χ2v) is 15.3. The Hall–Kier alpha value is -7.30. The van der Waals surface area contributed by atoms with Gasteiger partial charge in [-0.05, 0) is 112 Å². The van der Waals surface area contributed by atoms with Crippen molar-refractivity contribution in [3.8, 4) is 33.6 Å². The fourth-order valence-corrected chi connectivity index (χ4v) is 10.1. The second-order valence-electron chi connectivity index (χ2n) is 15.3. The number of benzene rings is 6. The largest absolute Gasteiger partial charge is 0.309 e. The molecule has 0 saturated carbocycles. The number of hydrogen-bond acceptors (Lipinski definition) is 2. The molecular weight excluding hydrogens is 693 g/mol. The van der Waals surface area contributed by atoms with Gasteiger partial charge in [-0.25, -0.2) is 0 Å². The molecule has 4 heteroatoms. The van der Waals surface area contributed by atoms with E-state index >= 15 is 0 Å². The van der Waals surface area contributed by atoms with Crippen molar-refractivity contribution in [2.45, 2.75) is 11.8 Å². The zero-order valence-corrected chi connectivity index (χ0v) is 31.1. The predicted molar refractivity (Wildman–Crippen MR) is 234 cm³/mol. The number of fused-ring (bicyclic) bond motifs is 9. The summed E-state index contributed by atoms with van der Waals surface area (Å²) in [6.07, 6.45) is 15.8. The predicted octanol–water partition coefficient (Wildman–Crippen LogP) is 12.8. The Morgan fingerprint density at radius 3 is 2.00 bits per heavy atom. The van der Waals surface area contributed by atoms with Crippen molar-refractivity contribution in [3.05, 3.63) is 217 Å². The lowest BCUT2D eigenvalue weighted by molar-refractivity contribution is 0.458. The van der Waals surface area contributed by atoms with Crippen molar-refractivity contribution in [3.63, 3.8) is 0 Å². The molecule has 0 N–H and O–H groups in total. The monoisotopic (exact) mass is 728 g/mol. The normalized spacial score (nSPS) is 17.2. The van der Waals surface area contributed by atoms with E-state index in [-0.39, 0.29) is 11.3 Å². The first kappa shape index (κ1) is 32.0. The zero-order chi connectivity index (χ0) is 37.5. The number of rotatable bonds is 5. The maximum absolute atomic E-state index is 4.69. The summed E-state index contributed by atoms with van der Waals surface area (Å²) < 4.78 is 4.75. The van der Waals surface area contributed by atoms with Crippen LogP contribution in [0.1, 0.15) is 23.1 Å². The first-order valence-electron chi connectivity index (χ1n) is 19.8. The minimum Gasteiger partial charge on any atom is -0.309 e. The van der Waals surface area contributed by atoms with Gasteiger partial charge in [0.15, 0.2) is 0 Å². The highest BCUT2D eigenvalue weighted by Gasteiger charge is 2.49. The van der Waals surface area contributed by atoms with E-state index in [1.54, 1.807) is 0 Å². The molecule has 57 heavy (non-hydrogen) atoms. The number of para-hydroxylation sites is 1. The molecule has 2 aliphatic carbocycles. The van der Waals surface area contributed by atoms with Gasteiger partial charge in [0.1, 0.15) is 0 Å². The summed E-state index contributed by atoms with van der Waals surface area (Å²) in [5, 5.41) is 3.60. The average molecular weight is 729 g/mol. The van der Waals surface area contributed by atoms with Crippen molar-refractivity contribution >= 4 is 43.7 Å². The molecule has 268 valence electrons. The van der Waals surface area contributed by atoms with Gasteiger partial charge in [0.2, 0.25) is 0 Å². The molecule has 4 nitrogen and oxygen atoms in total. The molecule has 0 amide bonds. The summed E-state index contributed by atoms with van der Waals surface area (Å²) >= 11 is 0. The number of pyridine rings is 2. The number of hydrogen-bond donors (Lipinski definition) is 0. The van der Waals surface area contributed by atoms with E-state index in [1.807, 2.05) is 24.7 Å². The Morgan fingerprint density at radius 2 is 1.21 bits per heavy atom. The van der Waals surface area contributed by atoms with Gasteiger partial charge < -0.3 is 9.13 Å². The second kappa shape index (κ2) is 12.4. The highest BCUT2D eigenvalue weighted by atomic mass is 15.0. The Kier molecular flexibility index (Phi) is 6.93. The highest BCUT2D eigenvalue weighted by Crippen LogP contribution is 2.59. The van der Waals surface area contributed by atoms with E-state index < -0.39 is 0 Å². The fraction of sp³-hybridized carbons (Fsp3) is 0.0566. The topological polar surface area (TPSA) is 35.6 Å². The van der Waals surface area contributed by atoms with Crippen molar-refractivity contribution in [2.75, 3.05) is 0 Å². The minimum atomic E-state index is -0.327. The van der Waals surface area contributed by atoms with E-state index in [0.29, 0.717) is 0 Å². The van der Waals surface area contributed by atoms with Gasteiger partial charge in [0.05, 0.1) is 33.0 Å². The Balaban J connectivity index is 1.00. The Bertz CT molecular complexity index is 3200. The number of aromatic nitrogens is 4. The Labute approximate surface area is 330 Å². The van der Waals surface area contributed by atoms with Crippen LogP contribution in [0.4, 0.5) is 0 Å². The van der Waals surface area contributed by atoms with E-state index in [2.05, 4.69) is 195 Å². The molecule has 4 aromatic heterocycles. The molecule has 2 unspecified atom stereocenters. The SMILES string of the molecule is C1=CCC(C2(c3ccccc3)c3ccccc3-c3cc4c5ccccc5n(-c5ccc(-c6ccc(-n7c8ccncc8c8ncccc87)cc6)cc5)c4cc32)C=C1. The molecule has 2 atom stereocenters. The smallest absolute Gasteiger partial charge is 0.0978 e. The third-order valence-electron chi connectivity index (χ3n) is 12.6. The van der Waals surface area contributed by atoms with Crippen molar-refractivity contribution in [1.82, 2.24) is 19.1 Å². The summed E-state index contributed by atoms with van der Waals surface area (Å²) in [5.74, 6) is 0.275. The van der Waals surface area contributed by atoms with Crippen LogP contribution in [0.25, 0.3) is 77.4 Å². The van der Waals surface area contributed by atoms with Crippen molar-refractivity contribution in [2.24, 2.45) is 5.92 Å². The fourth-order valence-electron chi connectivity index (χ4n) is 10.1. The third-order valence-corrected chi connectivity index (χ3v) is 12.6. The molecule has 0 spiro atoms. The molecule has 4 heterocycles. The molecule has 10 aromatic rings. The van der Waals surface area contributed by atoms with E-state index in [1.165, 1.54) is 60.8 Å². The van der Waals surface area contributed by atoms with Crippen LogP contribution in [0.15, 0.2) is 201 Å². The standard InChI is InChI=1S/C53H36N4/c1-3-12-37(13-4-1)53(38-14-5-2-6-15-38)46-18-9-7-16-41(46)43-32-44-42-17-8-10-19-48(42)57(51(44)33-47(43)53)40-27-23-36(24-28-40)35-21-25-39(26-22-35)56-49-29-31-54-34-45(49)52-50(56)20-11-30-55-52/h1-14,16-34,38H,15H2. The Morgan fingerprint density at radius 1 is 0.509 bits per heavy atom. The van der Waals surface area contributed by atoms with Gasteiger partial charge in [0, 0.05) is 46.1 Å². The van der Waals surface area contributed by atoms with Crippen molar-refractivity contribution in [1.29, 1.82) is 0 Å². The zero-order valence-electron chi connectivity index (χ0n) is 31.1. The van der Waals surface area contributed by atoms with Crippen LogP contribution in [-0.4, -0.2) is 19.1 Å². The van der Waals surface area contributed by atoms with E-state index in [0.717, 1.165) is 39.7 Å². The molecule has 0 fully saturated rings. The molecule has 0 bridgehead atoms. The molecule has 12 rings (SSSR count). The van der Waals surface area contributed by atoms with Gasteiger partial charge in [-0.3, -0.25) is 9.97 Å². The van der Waals surface area contributed by atoms with Gasteiger partial charge in [-0.1, -0.05) is 121 Å². The summed E-state index contributed by atoms with van der Waals surface area (Å²) in [5.41, 5.74) is 16.6. The van der Waals surface area contributed by atoms with E-state index in [4.69, 9.17) is 0 Å². The highest BCUT2D eigenvalue weighted by molar-refractivity contribution is 6.12. The minimum absolute atomic E-state index is 0.275. The molecular formula is C53H36N4. The third kappa shape index (κ3) is 4.55. The lowest BCUT2D eigenvalue weighted by atomic mass is 9.62. The first-order chi connectivity index (χ1) is 28.3. The quantitative estimate of drug-likeness (QED) is 0.177. The maximum atomic E-state index is 4.69. The van der Waals surface area contributed by atoms with Gasteiger partial charge >= 0.3 is 0 Å². The number of allylic oxidation sites excluding steroid dienone is 4. The van der Waals surface area contributed by atoms with Crippen LogP contribution >= 0.6 is 0 Å². The molecule has 0 saturated heterocycles. The molecule has 0 aliphatic heterocycles. The summed E-state index contributed by atoms with van der Waals surface area (Å²) in [6, 6.07) is 58.3. The maximum Gasteiger partial charge on any atom is 0.0978 e. The average Bonchev–Trinajstić information content (AvgIpc) is 3.90. The van der Waals surface area contributed by atoms with E-state index in [9.17, 15) is 0 Å². The summed E-state index contributed by atoms with van der Waals surface area (Å²) in [7, 11) is 0. The first-order valence-corrected chi connectivity index (χ1v) is 19.8.